The lowest BCUT2D eigenvalue weighted by molar-refractivity contribution is -0.121. The lowest BCUT2D eigenvalue weighted by Gasteiger charge is -2.39. The summed E-state index contributed by atoms with van der Waals surface area (Å²) in [6, 6.07) is 0. The molecule has 0 radical (unpaired) electrons. The van der Waals surface area contributed by atoms with Crippen LogP contribution in [0.5, 0.6) is 0 Å². The molecule has 2 fully saturated rings. The highest BCUT2D eigenvalue weighted by Gasteiger charge is 2.71. The summed E-state index contributed by atoms with van der Waals surface area (Å²) in [6.07, 6.45) is 1.80. The van der Waals surface area contributed by atoms with Crippen LogP contribution in [0.3, 0.4) is 0 Å². The van der Waals surface area contributed by atoms with Gasteiger partial charge in [0.2, 0.25) is 10.0 Å². The summed E-state index contributed by atoms with van der Waals surface area (Å²) in [5.41, 5.74) is -0.425. The molecule has 0 aromatic carbocycles. The number of fused-ring (bicyclic) bond motifs is 2. The predicted octanol–water partition coefficient (Wildman–Crippen LogP) is 1.81. The van der Waals surface area contributed by atoms with Crippen molar-refractivity contribution in [2.75, 3.05) is 13.1 Å². The van der Waals surface area contributed by atoms with Gasteiger partial charge in [0, 0.05) is 19.5 Å². The van der Waals surface area contributed by atoms with Gasteiger partial charge in [-0.05, 0) is 24.2 Å². The van der Waals surface area contributed by atoms with E-state index in [9.17, 15) is 13.2 Å². The minimum atomic E-state index is -3.54. The van der Waals surface area contributed by atoms with Gasteiger partial charge in [0.25, 0.3) is 0 Å². The molecule has 0 unspecified atom stereocenters. The second-order valence-corrected chi connectivity index (χ2v) is 8.16. The molecule has 18 heavy (non-hydrogen) atoms. The van der Waals surface area contributed by atoms with Crippen molar-refractivity contribution in [1.29, 1.82) is 0 Å². The van der Waals surface area contributed by atoms with Crippen molar-refractivity contribution in [3.63, 3.8) is 0 Å². The summed E-state index contributed by atoms with van der Waals surface area (Å²) >= 11 is 0. The van der Waals surface area contributed by atoms with E-state index in [1.54, 1.807) is 0 Å². The molecule has 2 aliphatic carbocycles. The van der Waals surface area contributed by atoms with E-state index < -0.39 is 20.2 Å². The van der Waals surface area contributed by atoms with Gasteiger partial charge in [0.05, 0.1) is 0 Å². The van der Waals surface area contributed by atoms with Gasteiger partial charge in [-0.25, -0.2) is 12.7 Å². The molecule has 0 amide bonds. The second kappa shape index (κ2) is 4.04. The summed E-state index contributed by atoms with van der Waals surface area (Å²) in [5.74, 6) is 0.172. The summed E-state index contributed by atoms with van der Waals surface area (Å²) < 4.78 is 26.1. The molecule has 0 spiro atoms. The molecular weight excluding hydrogens is 250 g/mol. The first-order valence-electron chi connectivity index (χ1n) is 6.78. The van der Waals surface area contributed by atoms with Crippen molar-refractivity contribution in [2.45, 2.75) is 51.7 Å². The third kappa shape index (κ3) is 1.35. The number of carbonyl (C=O) groups excluding carboxylic acids is 1. The van der Waals surface area contributed by atoms with Crippen LogP contribution in [0, 0.1) is 11.3 Å². The number of hydrogen-bond acceptors (Lipinski definition) is 3. The Labute approximate surface area is 110 Å². The number of hydrogen-bond donors (Lipinski definition) is 0. The molecule has 5 heteroatoms. The van der Waals surface area contributed by atoms with Gasteiger partial charge in [0.1, 0.15) is 4.75 Å². The van der Waals surface area contributed by atoms with Gasteiger partial charge in [-0.1, -0.05) is 27.7 Å². The van der Waals surface area contributed by atoms with E-state index in [1.807, 2.05) is 27.7 Å². The van der Waals surface area contributed by atoms with Crippen LogP contribution in [0.2, 0.25) is 0 Å². The fourth-order valence-corrected chi connectivity index (χ4v) is 6.72. The standard InChI is InChI=1S/C13H23NO3S/c1-5-14(6-2)18(16,17)13-8-7-10(9-11(13)15)12(13,3)4/h10H,5-9H2,1-4H3/t10-,13-/m0/s1. The summed E-state index contributed by atoms with van der Waals surface area (Å²) in [5, 5.41) is 0. The van der Waals surface area contributed by atoms with Crippen molar-refractivity contribution in [1.82, 2.24) is 4.31 Å². The quantitative estimate of drug-likeness (QED) is 0.785. The lowest BCUT2D eigenvalue weighted by atomic mass is 9.81. The zero-order chi connectivity index (χ0) is 13.8. The third-order valence-electron chi connectivity index (χ3n) is 5.27. The molecule has 0 aromatic rings. The average Bonchev–Trinajstić information content (AvgIpc) is 2.64. The molecule has 2 atom stereocenters. The van der Waals surface area contributed by atoms with Gasteiger partial charge in [0.15, 0.2) is 5.78 Å². The van der Waals surface area contributed by atoms with Gasteiger partial charge in [-0.2, -0.15) is 0 Å². The minimum Gasteiger partial charge on any atom is -0.298 e. The van der Waals surface area contributed by atoms with Crippen molar-refractivity contribution in [2.24, 2.45) is 11.3 Å². The smallest absolute Gasteiger partial charge is 0.227 e. The number of ketones is 1. The minimum absolute atomic E-state index is 0.0596. The molecular formula is C13H23NO3S. The van der Waals surface area contributed by atoms with E-state index in [0.717, 1.165) is 6.42 Å². The summed E-state index contributed by atoms with van der Waals surface area (Å²) in [6.45, 7) is 8.45. The molecule has 2 aliphatic rings. The predicted molar refractivity (Wildman–Crippen MR) is 70.7 cm³/mol. The third-order valence-corrected chi connectivity index (χ3v) is 8.31. The van der Waals surface area contributed by atoms with Crippen LogP contribution in [0.15, 0.2) is 0 Å². The Hall–Kier alpha value is -0.420. The SMILES string of the molecule is CCN(CC)S(=O)(=O)[C@@]12CC[C@@H](CC1=O)C2(C)C. The first-order valence-corrected chi connectivity index (χ1v) is 8.22. The van der Waals surface area contributed by atoms with Gasteiger partial charge < -0.3 is 0 Å². The zero-order valence-corrected chi connectivity index (χ0v) is 12.5. The monoisotopic (exact) mass is 273 g/mol. The van der Waals surface area contributed by atoms with Crippen LogP contribution in [-0.4, -0.2) is 36.3 Å². The topological polar surface area (TPSA) is 54.5 Å². The molecule has 0 aromatic heterocycles. The normalized spacial score (nSPS) is 34.5. The molecule has 104 valence electrons. The number of carbonyl (C=O) groups is 1. The van der Waals surface area contributed by atoms with Crippen molar-refractivity contribution >= 4 is 15.8 Å². The molecule has 2 bridgehead atoms. The van der Waals surface area contributed by atoms with E-state index in [4.69, 9.17) is 0 Å². The number of rotatable bonds is 4. The molecule has 0 N–H and O–H groups in total. The Morgan fingerprint density at radius 2 is 1.83 bits per heavy atom. The zero-order valence-electron chi connectivity index (χ0n) is 11.7. The van der Waals surface area contributed by atoms with Crippen molar-refractivity contribution in [3.05, 3.63) is 0 Å². The van der Waals surface area contributed by atoms with Crippen molar-refractivity contribution in [3.8, 4) is 0 Å². The highest BCUT2D eigenvalue weighted by atomic mass is 32.2. The molecule has 0 saturated heterocycles. The fraction of sp³-hybridized carbons (Fsp3) is 0.923. The van der Waals surface area contributed by atoms with Crippen LogP contribution >= 0.6 is 0 Å². The Balaban J connectivity index is 2.58. The maximum absolute atomic E-state index is 12.9. The number of Topliss-reactive ketones (excluding diaryl/α,β-unsaturated/α-hetero) is 1. The molecule has 4 nitrogen and oxygen atoms in total. The van der Waals surface area contributed by atoms with E-state index >= 15 is 0 Å². The maximum Gasteiger partial charge on any atom is 0.227 e. The van der Waals surface area contributed by atoms with Crippen LogP contribution in [-0.2, 0) is 14.8 Å². The molecule has 2 saturated carbocycles. The lowest BCUT2D eigenvalue weighted by Crippen LogP contribution is -2.56. The van der Waals surface area contributed by atoms with Crippen LogP contribution in [0.1, 0.15) is 47.0 Å². The molecule has 0 heterocycles. The first kappa shape index (κ1) is 14.0. The van der Waals surface area contributed by atoms with Gasteiger partial charge >= 0.3 is 0 Å². The number of sulfonamides is 1. The van der Waals surface area contributed by atoms with Crippen LogP contribution in [0.4, 0.5) is 0 Å². The highest BCUT2D eigenvalue weighted by molar-refractivity contribution is 7.91. The fourth-order valence-electron chi connectivity index (χ4n) is 4.02. The number of nitrogens with zero attached hydrogens (tertiary/aromatic N) is 1. The first-order chi connectivity index (χ1) is 8.25. The Kier molecular flexibility index (Phi) is 3.14. The Morgan fingerprint density at radius 3 is 2.17 bits per heavy atom. The highest BCUT2D eigenvalue weighted by Crippen LogP contribution is 2.62. The Morgan fingerprint density at radius 1 is 1.28 bits per heavy atom. The summed E-state index contributed by atoms with van der Waals surface area (Å²) in [7, 11) is -3.54. The molecule has 0 aliphatic heterocycles. The summed E-state index contributed by atoms with van der Waals surface area (Å²) in [4.78, 5) is 12.4. The van der Waals surface area contributed by atoms with E-state index in [2.05, 4.69) is 0 Å². The molecule has 2 rings (SSSR count). The maximum atomic E-state index is 12.9. The van der Waals surface area contributed by atoms with Crippen LogP contribution in [0.25, 0.3) is 0 Å². The van der Waals surface area contributed by atoms with Gasteiger partial charge in [-0.15, -0.1) is 0 Å². The van der Waals surface area contributed by atoms with E-state index in [0.29, 0.717) is 25.9 Å². The largest absolute Gasteiger partial charge is 0.298 e. The van der Waals surface area contributed by atoms with Crippen molar-refractivity contribution < 1.29 is 13.2 Å². The van der Waals surface area contributed by atoms with E-state index in [-0.39, 0.29) is 11.7 Å². The van der Waals surface area contributed by atoms with Crippen LogP contribution < -0.4 is 0 Å². The Bertz CT molecular complexity index is 465. The van der Waals surface area contributed by atoms with E-state index in [1.165, 1.54) is 4.31 Å². The average molecular weight is 273 g/mol. The second-order valence-electron chi connectivity index (χ2n) is 6.00. The van der Waals surface area contributed by atoms with Gasteiger partial charge in [-0.3, -0.25) is 4.79 Å².